The van der Waals surface area contributed by atoms with E-state index in [1.165, 1.54) is 0 Å². The van der Waals surface area contributed by atoms with Gasteiger partial charge in [0.1, 0.15) is 0 Å². The Kier molecular flexibility index (Phi) is 6.13. The van der Waals surface area contributed by atoms with E-state index in [0.717, 1.165) is 31.8 Å². The lowest BCUT2D eigenvalue weighted by molar-refractivity contribution is 0.355. The number of hydrogen-bond donors (Lipinski definition) is 0. The number of ether oxygens (including phenoxy) is 2. The van der Waals surface area contributed by atoms with Gasteiger partial charge in [0.25, 0.3) is 0 Å². The second-order valence-electron chi connectivity index (χ2n) is 5.70. The highest BCUT2D eigenvalue weighted by Gasteiger charge is 2.10. The second-order valence-corrected chi connectivity index (χ2v) is 7.45. The standard InChI is InChI=1S/C20H20BrN3O2S/c1-13(15-7-10-18(25-3)19(11-15)26-4)23-24-17(12-27-20(24)22-2)14-5-8-16(21)9-6-14/h5-12H,1-4H3. The summed E-state index contributed by atoms with van der Waals surface area (Å²) in [5.74, 6) is 1.37. The smallest absolute Gasteiger partial charge is 0.205 e. The minimum atomic E-state index is 0.674. The zero-order chi connectivity index (χ0) is 19.4. The molecule has 0 spiro atoms. The van der Waals surface area contributed by atoms with E-state index in [0.29, 0.717) is 11.5 Å². The van der Waals surface area contributed by atoms with Gasteiger partial charge in [-0.05, 0) is 37.3 Å². The van der Waals surface area contributed by atoms with Crippen molar-refractivity contribution in [2.45, 2.75) is 6.92 Å². The Morgan fingerprint density at radius 1 is 1.04 bits per heavy atom. The predicted octanol–water partition coefficient (Wildman–Crippen LogP) is 4.80. The van der Waals surface area contributed by atoms with Crippen LogP contribution in [0.15, 0.2) is 62.4 Å². The predicted molar refractivity (Wildman–Crippen MR) is 114 cm³/mol. The summed E-state index contributed by atoms with van der Waals surface area (Å²) in [4.78, 5) is 5.19. The maximum Gasteiger partial charge on any atom is 0.205 e. The van der Waals surface area contributed by atoms with E-state index in [2.05, 4.69) is 38.4 Å². The van der Waals surface area contributed by atoms with Crippen LogP contribution in [0.1, 0.15) is 12.5 Å². The topological polar surface area (TPSA) is 48.1 Å². The fourth-order valence-electron chi connectivity index (χ4n) is 2.64. The van der Waals surface area contributed by atoms with E-state index in [1.807, 2.05) is 41.9 Å². The molecule has 27 heavy (non-hydrogen) atoms. The van der Waals surface area contributed by atoms with Gasteiger partial charge in [0.2, 0.25) is 4.80 Å². The summed E-state index contributed by atoms with van der Waals surface area (Å²) in [5, 5.41) is 6.90. The number of halogens is 1. The summed E-state index contributed by atoms with van der Waals surface area (Å²) in [6.45, 7) is 1.97. The molecule has 0 unspecified atom stereocenters. The third kappa shape index (κ3) is 4.14. The summed E-state index contributed by atoms with van der Waals surface area (Å²) in [7, 11) is 5.02. The zero-order valence-corrected chi connectivity index (χ0v) is 18.0. The molecule has 0 saturated carbocycles. The molecule has 0 bridgehead atoms. The van der Waals surface area contributed by atoms with Crippen molar-refractivity contribution in [3.63, 3.8) is 0 Å². The maximum absolute atomic E-state index is 5.40. The van der Waals surface area contributed by atoms with Crippen molar-refractivity contribution >= 4 is 33.0 Å². The van der Waals surface area contributed by atoms with Crippen molar-refractivity contribution in [1.29, 1.82) is 0 Å². The van der Waals surface area contributed by atoms with Crippen LogP contribution in [0.25, 0.3) is 11.3 Å². The average molecular weight is 446 g/mol. The monoisotopic (exact) mass is 445 g/mol. The Labute approximate surface area is 170 Å². The normalized spacial score (nSPS) is 12.3. The molecular formula is C20H20BrN3O2S. The number of methoxy groups -OCH3 is 2. The molecule has 0 fully saturated rings. The van der Waals surface area contributed by atoms with Crippen molar-refractivity contribution in [2.24, 2.45) is 10.1 Å². The van der Waals surface area contributed by atoms with Crippen molar-refractivity contribution in [3.05, 3.63) is 62.7 Å². The van der Waals surface area contributed by atoms with Gasteiger partial charge in [-0.2, -0.15) is 5.10 Å². The first-order valence-electron chi connectivity index (χ1n) is 8.24. The minimum Gasteiger partial charge on any atom is -0.493 e. The molecule has 0 aliphatic carbocycles. The van der Waals surface area contributed by atoms with Crippen LogP contribution in [0.3, 0.4) is 0 Å². The van der Waals surface area contributed by atoms with E-state index >= 15 is 0 Å². The SMILES string of the molecule is CN=c1scc(-c2ccc(Br)cc2)n1N=C(C)c1ccc(OC)c(OC)c1. The lowest BCUT2D eigenvalue weighted by Gasteiger charge is -2.10. The lowest BCUT2D eigenvalue weighted by Crippen LogP contribution is -2.13. The molecule has 3 rings (SSSR count). The van der Waals surface area contributed by atoms with E-state index in [9.17, 15) is 0 Å². The maximum atomic E-state index is 5.40. The molecule has 5 nitrogen and oxygen atoms in total. The third-order valence-corrected chi connectivity index (χ3v) is 5.50. The van der Waals surface area contributed by atoms with Crippen LogP contribution in [0, 0.1) is 0 Å². The number of nitrogens with zero attached hydrogens (tertiary/aromatic N) is 3. The third-order valence-electron chi connectivity index (χ3n) is 4.07. The zero-order valence-electron chi connectivity index (χ0n) is 15.6. The van der Waals surface area contributed by atoms with Crippen molar-refractivity contribution in [1.82, 2.24) is 4.68 Å². The van der Waals surface area contributed by atoms with E-state index in [1.54, 1.807) is 32.6 Å². The van der Waals surface area contributed by atoms with Crippen LogP contribution in [0.2, 0.25) is 0 Å². The molecule has 0 atom stereocenters. The van der Waals surface area contributed by atoms with Gasteiger partial charge in [0, 0.05) is 28.0 Å². The molecule has 0 saturated heterocycles. The highest BCUT2D eigenvalue weighted by atomic mass is 79.9. The molecule has 1 aromatic heterocycles. The molecule has 1 heterocycles. The van der Waals surface area contributed by atoms with Crippen molar-refractivity contribution in [2.75, 3.05) is 21.3 Å². The van der Waals surface area contributed by atoms with Crippen molar-refractivity contribution < 1.29 is 9.47 Å². The van der Waals surface area contributed by atoms with Gasteiger partial charge in [0.15, 0.2) is 11.5 Å². The molecule has 7 heteroatoms. The number of hydrogen-bond acceptors (Lipinski definition) is 5. The van der Waals surface area contributed by atoms with Crippen LogP contribution in [0.5, 0.6) is 11.5 Å². The Balaban J connectivity index is 2.08. The van der Waals surface area contributed by atoms with E-state index < -0.39 is 0 Å². The van der Waals surface area contributed by atoms with Crippen molar-refractivity contribution in [3.8, 4) is 22.8 Å². The van der Waals surface area contributed by atoms with Crippen LogP contribution in [0.4, 0.5) is 0 Å². The van der Waals surface area contributed by atoms with Gasteiger partial charge in [-0.1, -0.05) is 28.1 Å². The fourth-order valence-corrected chi connectivity index (χ4v) is 3.70. The van der Waals surface area contributed by atoms with Gasteiger partial charge < -0.3 is 9.47 Å². The fraction of sp³-hybridized carbons (Fsp3) is 0.200. The van der Waals surface area contributed by atoms with Gasteiger partial charge >= 0.3 is 0 Å². The summed E-state index contributed by atoms with van der Waals surface area (Å²) < 4.78 is 13.6. The van der Waals surface area contributed by atoms with Gasteiger partial charge in [0.05, 0.1) is 25.6 Å². The van der Waals surface area contributed by atoms with E-state index in [4.69, 9.17) is 14.6 Å². The Morgan fingerprint density at radius 3 is 2.37 bits per heavy atom. The van der Waals surface area contributed by atoms with Crippen LogP contribution >= 0.6 is 27.3 Å². The molecular weight excluding hydrogens is 426 g/mol. The molecule has 140 valence electrons. The summed E-state index contributed by atoms with van der Waals surface area (Å²) in [5.41, 5.74) is 3.87. The number of thiazole rings is 1. The van der Waals surface area contributed by atoms with Gasteiger partial charge in [-0.25, -0.2) is 4.68 Å². The highest BCUT2D eigenvalue weighted by molar-refractivity contribution is 9.10. The first-order valence-corrected chi connectivity index (χ1v) is 9.92. The van der Waals surface area contributed by atoms with E-state index in [-0.39, 0.29) is 0 Å². The molecule has 0 N–H and O–H groups in total. The first kappa shape index (κ1) is 19.4. The molecule has 0 aliphatic rings. The summed E-state index contributed by atoms with van der Waals surface area (Å²) >= 11 is 5.04. The molecule has 3 aromatic rings. The molecule has 2 aromatic carbocycles. The number of benzene rings is 2. The molecule has 0 amide bonds. The van der Waals surface area contributed by atoms with Crippen LogP contribution in [-0.4, -0.2) is 31.7 Å². The summed E-state index contributed by atoms with van der Waals surface area (Å²) in [6, 6.07) is 13.9. The lowest BCUT2D eigenvalue weighted by atomic mass is 10.1. The molecule has 0 radical (unpaired) electrons. The first-order chi connectivity index (χ1) is 13.1. The number of aromatic nitrogens is 1. The Morgan fingerprint density at radius 2 is 1.74 bits per heavy atom. The quantitative estimate of drug-likeness (QED) is 0.529. The highest BCUT2D eigenvalue weighted by Crippen LogP contribution is 2.28. The van der Waals surface area contributed by atoms with Gasteiger partial charge in [-0.15, -0.1) is 11.3 Å². The second kappa shape index (κ2) is 8.54. The average Bonchev–Trinajstić information content (AvgIpc) is 3.10. The van der Waals surface area contributed by atoms with Crippen LogP contribution < -0.4 is 14.3 Å². The number of rotatable bonds is 5. The minimum absolute atomic E-state index is 0.674. The Hall–Kier alpha value is -2.38. The van der Waals surface area contributed by atoms with Crippen LogP contribution in [-0.2, 0) is 0 Å². The summed E-state index contributed by atoms with van der Waals surface area (Å²) in [6.07, 6.45) is 0. The Bertz CT molecular complexity index is 1040. The largest absolute Gasteiger partial charge is 0.493 e. The van der Waals surface area contributed by atoms with Gasteiger partial charge in [-0.3, -0.25) is 4.99 Å². The molecule has 0 aliphatic heterocycles.